The van der Waals surface area contributed by atoms with E-state index in [1.807, 2.05) is 12.1 Å². The zero-order valence-corrected chi connectivity index (χ0v) is 6.45. The van der Waals surface area contributed by atoms with E-state index in [1.165, 1.54) is 12.8 Å². The van der Waals surface area contributed by atoms with Gasteiger partial charge in [-0.15, -0.1) is 0 Å². The van der Waals surface area contributed by atoms with E-state index in [-0.39, 0.29) is 6.10 Å². The van der Waals surface area contributed by atoms with Crippen molar-refractivity contribution < 1.29 is 9.15 Å². The fourth-order valence-electron chi connectivity index (χ4n) is 1.44. The quantitative estimate of drug-likeness (QED) is 0.617. The molecule has 0 aromatic carbocycles. The molecule has 1 aromatic heterocycles. The molecule has 0 amide bonds. The highest BCUT2D eigenvalue weighted by atomic mass is 16.5. The van der Waals surface area contributed by atoms with E-state index >= 15 is 0 Å². The summed E-state index contributed by atoms with van der Waals surface area (Å²) in [6, 6.07) is 3.89. The second kappa shape index (κ2) is 3.09. The summed E-state index contributed by atoms with van der Waals surface area (Å²) in [7, 11) is 0. The molecule has 2 nitrogen and oxygen atoms in total. The van der Waals surface area contributed by atoms with Gasteiger partial charge in [-0.3, -0.25) is 0 Å². The average Bonchev–Trinajstić information content (AvgIpc) is 2.58. The Labute approximate surface area is 66.2 Å². The van der Waals surface area contributed by atoms with Crippen LogP contribution in [0.4, 0.5) is 0 Å². The molecule has 1 fully saturated rings. The first-order valence-electron chi connectivity index (χ1n) is 4.12. The van der Waals surface area contributed by atoms with Crippen LogP contribution >= 0.6 is 0 Å². The van der Waals surface area contributed by atoms with Gasteiger partial charge in [-0.25, -0.2) is 0 Å². The van der Waals surface area contributed by atoms with E-state index in [2.05, 4.69) is 0 Å². The summed E-state index contributed by atoms with van der Waals surface area (Å²) in [5, 5.41) is 0. The molecule has 0 radical (unpaired) electrons. The van der Waals surface area contributed by atoms with Gasteiger partial charge in [0.15, 0.2) is 0 Å². The number of hydrogen-bond donors (Lipinski definition) is 0. The normalized spacial score (nSPS) is 25.3. The summed E-state index contributed by atoms with van der Waals surface area (Å²) >= 11 is 0. The second-order valence-corrected chi connectivity index (χ2v) is 2.87. The van der Waals surface area contributed by atoms with Gasteiger partial charge in [0, 0.05) is 6.61 Å². The maximum absolute atomic E-state index is 5.53. The first kappa shape index (κ1) is 6.92. The van der Waals surface area contributed by atoms with Gasteiger partial charge in [-0.05, 0) is 31.4 Å². The molecule has 60 valence electrons. The maximum Gasteiger partial charge on any atom is 0.132 e. The van der Waals surface area contributed by atoms with Gasteiger partial charge in [0.05, 0.1) is 6.26 Å². The van der Waals surface area contributed by atoms with Crippen LogP contribution < -0.4 is 0 Å². The number of ether oxygens (including phenoxy) is 1. The predicted octanol–water partition coefficient (Wildman–Crippen LogP) is 2.52. The van der Waals surface area contributed by atoms with Crippen molar-refractivity contribution in [2.75, 3.05) is 6.61 Å². The topological polar surface area (TPSA) is 22.4 Å². The Bertz CT molecular complexity index is 197. The molecule has 11 heavy (non-hydrogen) atoms. The van der Waals surface area contributed by atoms with Gasteiger partial charge in [0.1, 0.15) is 11.9 Å². The molecule has 1 aromatic rings. The van der Waals surface area contributed by atoms with E-state index in [9.17, 15) is 0 Å². The Morgan fingerprint density at radius 2 is 2.36 bits per heavy atom. The van der Waals surface area contributed by atoms with Crippen LogP contribution in [-0.4, -0.2) is 6.61 Å². The lowest BCUT2D eigenvalue weighted by Crippen LogP contribution is -2.10. The molecule has 0 aliphatic carbocycles. The van der Waals surface area contributed by atoms with E-state index in [1.54, 1.807) is 6.26 Å². The average molecular weight is 152 g/mol. The third-order valence-corrected chi connectivity index (χ3v) is 2.04. The molecule has 0 bridgehead atoms. The van der Waals surface area contributed by atoms with E-state index < -0.39 is 0 Å². The smallest absolute Gasteiger partial charge is 0.132 e. The third-order valence-electron chi connectivity index (χ3n) is 2.04. The monoisotopic (exact) mass is 152 g/mol. The van der Waals surface area contributed by atoms with Crippen LogP contribution in [0.1, 0.15) is 31.1 Å². The molecule has 0 saturated carbocycles. The molecule has 1 atom stereocenters. The van der Waals surface area contributed by atoms with Crippen molar-refractivity contribution in [2.24, 2.45) is 0 Å². The summed E-state index contributed by atoms with van der Waals surface area (Å²) in [5.41, 5.74) is 0. The Morgan fingerprint density at radius 1 is 1.36 bits per heavy atom. The summed E-state index contributed by atoms with van der Waals surface area (Å²) in [6.07, 6.45) is 5.47. The van der Waals surface area contributed by atoms with E-state index in [0.29, 0.717) is 0 Å². The first-order valence-corrected chi connectivity index (χ1v) is 4.12. The van der Waals surface area contributed by atoms with Gasteiger partial charge in [0.25, 0.3) is 0 Å². The minimum atomic E-state index is 0.221. The second-order valence-electron chi connectivity index (χ2n) is 2.87. The minimum absolute atomic E-state index is 0.221. The highest BCUT2D eigenvalue weighted by Gasteiger charge is 2.17. The van der Waals surface area contributed by atoms with E-state index in [0.717, 1.165) is 18.8 Å². The Kier molecular flexibility index (Phi) is 1.95. The van der Waals surface area contributed by atoms with Crippen molar-refractivity contribution in [3.63, 3.8) is 0 Å². The van der Waals surface area contributed by atoms with Crippen LogP contribution in [-0.2, 0) is 4.74 Å². The lowest BCUT2D eigenvalue weighted by Gasteiger charge is -2.20. The number of hydrogen-bond acceptors (Lipinski definition) is 2. The van der Waals surface area contributed by atoms with Crippen molar-refractivity contribution in [1.82, 2.24) is 0 Å². The maximum atomic E-state index is 5.53. The molecule has 1 unspecified atom stereocenters. The van der Waals surface area contributed by atoms with Crippen molar-refractivity contribution in [3.8, 4) is 0 Å². The van der Waals surface area contributed by atoms with Gasteiger partial charge in [-0.1, -0.05) is 0 Å². The van der Waals surface area contributed by atoms with Crippen LogP contribution in [0, 0.1) is 0 Å². The van der Waals surface area contributed by atoms with Crippen LogP contribution in [0.2, 0.25) is 0 Å². The Balaban J connectivity index is 2.04. The standard InChI is InChI=1S/C9H12O2/c1-2-6-10-8(4-1)9-5-3-7-11-9/h3,5,7-8H,1-2,4,6H2. The first-order chi connectivity index (χ1) is 5.47. The number of furan rings is 1. The fourth-order valence-corrected chi connectivity index (χ4v) is 1.44. The minimum Gasteiger partial charge on any atom is -0.467 e. The highest BCUT2D eigenvalue weighted by Crippen LogP contribution is 2.27. The summed E-state index contributed by atoms with van der Waals surface area (Å²) in [5.74, 6) is 0.977. The molecular weight excluding hydrogens is 140 g/mol. The van der Waals surface area contributed by atoms with Gasteiger partial charge in [0.2, 0.25) is 0 Å². The molecule has 0 N–H and O–H groups in total. The molecule has 1 aliphatic rings. The third kappa shape index (κ3) is 1.46. The number of rotatable bonds is 1. The molecular formula is C9H12O2. The van der Waals surface area contributed by atoms with Crippen molar-refractivity contribution in [1.29, 1.82) is 0 Å². The zero-order valence-electron chi connectivity index (χ0n) is 6.45. The predicted molar refractivity (Wildman–Crippen MR) is 41.3 cm³/mol. The lowest BCUT2D eigenvalue weighted by molar-refractivity contribution is 0.00186. The molecule has 1 aliphatic heterocycles. The Hall–Kier alpha value is -0.760. The van der Waals surface area contributed by atoms with Crippen molar-refractivity contribution in [2.45, 2.75) is 25.4 Å². The highest BCUT2D eigenvalue weighted by molar-refractivity contribution is 5.02. The van der Waals surface area contributed by atoms with E-state index in [4.69, 9.17) is 9.15 Å². The molecule has 1 saturated heterocycles. The van der Waals surface area contributed by atoms with Crippen molar-refractivity contribution in [3.05, 3.63) is 24.2 Å². The fraction of sp³-hybridized carbons (Fsp3) is 0.556. The van der Waals surface area contributed by atoms with Gasteiger partial charge >= 0.3 is 0 Å². The van der Waals surface area contributed by atoms with Gasteiger partial charge in [-0.2, -0.15) is 0 Å². The van der Waals surface area contributed by atoms with Crippen molar-refractivity contribution >= 4 is 0 Å². The van der Waals surface area contributed by atoms with Gasteiger partial charge < -0.3 is 9.15 Å². The summed E-state index contributed by atoms with van der Waals surface area (Å²) < 4.78 is 10.8. The Morgan fingerprint density at radius 3 is 3.00 bits per heavy atom. The lowest BCUT2D eigenvalue weighted by atomic mass is 10.1. The molecule has 2 heteroatoms. The summed E-state index contributed by atoms with van der Waals surface area (Å²) in [6.45, 7) is 0.880. The summed E-state index contributed by atoms with van der Waals surface area (Å²) in [4.78, 5) is 0. The van der Waals surface area contributed by atoms with Crippen LogP contribution in [0.5, 0.6) is 0 Å². The molecule has 2 heterocycles. The van der Waals surface area contributed by atoms with Crippen LogP contribution in [0.25, 0.3) is 0 Å². The van der Waals surface area contributed by atoms with Crippen LogP contribution in [0.3, 0.4) is 0 Å². The molecule has 0 spiro atoms. The zero-order chi connectivity index (χ0) is 7.52. The van der Waals surface area contributed by atoms with Crippen LogP contribution in [0.15, 0.2) is 22.8 Å². The largest absolute Gasteiger partial charge is 0.467 e. The SMILES string of the molecule is c1coc(C2CCCCO2)c1. The molecule has 2 rings (SSSR count).